The Bertz CT molecular complexity index is 1250. The number of carbonyl (C=O) groups excluding carboxylic acids is 2. The molecule has 0 amide bonds. The van der Waals surface area contributed by atoms with E-state index in [9.17, 15) is 26.7 Å². The Labute approximate surface area is 239 Å². The molecule has 0 spiro atoms. The minimum absolute atomic E-state index is 0.252. The molecule has 5 N–H and O–H groups in total. The topological polar surface area (TPSA) is 173 Å². The molecule has 0 saturated heterocycles. The number of hydrogen-bond donors (Lipinski definition) is 5. The maximum absolute atomic E-state index is 13.7. The fourth-order valence-electron chi connectivity index (χ4n) is 3.26. The normalized spacial score (nSPS) is 11.7. The molecule has 0 radical (unpaired) electrons. The van der Waals surface area contributed by atoms with Crippen molar-refractivity contribution in [3.63, 3.8) is 0 Å². The van der Waals surface area contributed by atoms with Crippen LogP contribution in [-0.4, -0.2) is 50.2 Å². The third-order valence-electron chi connectivity index (χ3n) is 5.24. The van der Waals surface area contributed by atoms with Crippen LogP contribution >= 0.6 is 15.2 Å². The quantitative estimate of drug-likeness (QED) is 0.165. The Hall–Kier alpha value is -3.22. The van der Waals surface area contributed by atoms with Crippen LogP contribution in [0.2, 0.25) is 0 Å². The van der Waals surface area contributed by atoms with E-state index in [4.69, 9.17) is 34.3 Å². The number of alkyl halides is 4. The van der Waals surface area contributed by atoms with Gasteiger partial charge in [-0.15, -0.1) is 0 Å². The van der Waals surface area contributed by atoms with Gasteiger partial charge >= 0.3 is 26.5 Å². The number of hydrogen-bond acceptors (Lipinski definition) is 6. The van der Waals surface area contributed by atoms with Gasteiger partial charge in [-0.1, -0.05) is 60.7 Å². The standard InChI is InChI=1S/C17H19F4NO6P2.C7H8O.2CH2O/c1-22(10-12-2-6-14(7-3-12)16(18,19)29(23,24)25)11-13-4-8-15(9-5-13)17(20,21)30(26,27)28;1-6-3-2-4-7(8)5-6;2*1-2/h2-9H,10-11H2,1H3,(H2,23,24,25)(H2,26,27,28);2-5,8H,1H3;2*1H2. The van der Waals surface area contributed by atoms with Crippen LogP contribution in [-0.2, 0) is 43.1 Å². The molecule has 16 heteroatoms. The van der Waals surface area contributed by atoms with E-state index in [0.29, 0.717) is 16.9 Å². The number of aryl methyl sites for hydroxylation is 1. The minimum Gasteiger partial charge on any atom is -0.508 e. The summed E-state index contributed by atoms with van der Waals surface area (Å²) >= 11 is 0. The van der Waals surface area contributed by atoms with Crippen molar-refractivity contribution in [1.29, 1.82) is 0 Å². The molecule has 10 nitrogen and oxygen atoms in total. The van der Waals surface area contributed by atoms with Crippen molar-refractivity contribution in [2.24, 2.45) is 0 Å². The summed E-state index contributed by atoms with van der Waals surface area (Å²) in [5.41, 5.74) is -8.01. The predicted octanol–water partition coefficient (Wildman–Crippen LogP) is 5.10. The number of phenols is 1. The van der Waals surface area contributed by atoms with Crippen molar-refractivity contribution < 1.29 is 61.0 Å². The first kappa shape index (κ1) is 38.8. The van der Waals surface area contributed by atoms with Gasteiger partial charge in [0.25, 0.3) is 0 Å². The van der Waals surface area contributed by atoms with E-state index in [1.807, 2.05) is 32.6 Å². The maximum atomic E-state index is 13.7. The summed E-state index contributed by atoms with van der Waals surface area (Å²) in [5.74, 6) is 0.338. The van der Waals surface area contributed by atoms with E-state index in [1.54, 1.807) is 24.1 Å². The Kier molecular flexibility index (Phi) is 15.2. The van der Waals surface area contributed by atoms with Crippen LogP contribution in [0.25, 0.3) is 0 Å². The van der Waals surface area contributed by atoms with Crippen molar-refractivity contribution in [2.45, 2.75) is 31.3 Å². The van der Waals surface area contributed by atoms with Crippen LogP contribution in [0.4, 0.5) is 17.6 Å². The Balaban J connectivity index is 0.00000118. The van der Waals surface area contributed by atoms with Crippen molar-refractivity contribution in [2.75, 3.05) is 7.05 Å². The van der Waals surface area contributed by atoms with Gasteiger partial charge in [-0.25, -0.2) is 0 Å². The zero-order valence-electron chi connectivity index (χ0n) is 22.5. The van der Waals surface area contributed by atoms with Crippen molar-refractivity contribution in [3.05, 3.63) is 101 Å². The van der Waals surface area contributed by atoms with E-state index >= 15 is 0 Å². The summed E-state index contributed by atoms with van der Waals surface area (Å²) < 4.78 is 76.4. The molecule has 0 atom stereocenters. The van der Waals surface area contributed by atoms with E-state index in [1.165, 1.54) is 24.3 Å². The first-order valence-electron chi connectivity index (χ1n) is 11.4. The monoisotopic (exact) mass is 639 g/mol. The zero-order valence-corrected chi connectivity index (χ0v) is 24.3. The van der Waals surface area contributed by atoms with Gasteiger partial charge in [0, 0.05) is 24.2 Å². The van der Waals surface area contributed by atoms with Gasteiger partial charge < -0.3 is 34.3 Å². The van der Waals surface area contributed by atoms with Crippen LogP contribution in [0.5, 0.6) is 5.75 Å². The molecular weight excluding hydrogens is 608 g/mol. The van der Waals surface area contributed by atoms with Gasteiger partial charge in [0.15, 0.2) is 0 Å². The largest absolute Gasteiger partial charge is 0.508 e. The highest BCUT2D eigenvalue weighted by Crippen LogP contribution is 2.60. The zero-order chi connectivity index (χ0) is 32.9. The van der Waals surface area contributed by atoms with Gasteiger partial charge in [0.05, 0.1) is 0 Å². The lowest BCUT2D eigenvalue weighted by Gasteiger charge is -2.20. The molecule has 3 aromatic carbocycles. The first-order chi connectivity index (χ1) is 19.3. The van der Waals surface area contributed by atoms with Crippen molar-refractivity contribution in [3.8, 4) is 5.75 Å². The second kappa shape index (κ2) is 16.4. The molecular formula is C26H31F4NO9P2. The summed E-state index contributed by atoms with van der Waals surface area (Å²) in [6.45, 7) is 6.45. The molecule has 0 bridgehead atoms. The highest BCUT2D eigenvalue weighted by atomic mass is 31.2. The SMILES string of the molecule is C=O.C=O.CN(Cc1ccc(C(F)(F)P(=O)(O)O)cc1)Cc1ccc(C(F)(F)P(=O)(O)O)cc1.Cc1cccc(O)c1. The second-order valence-electron chi connectivity index (χ2n) is 8.58. The fourth-order valence-corrected chi connectivity index (χ4v) is 4.24. The predicted molar refractivity (Wildman–Crippen MR) is 147 cm³/mol. The number of carbonyl (C=O) groups is 2. The summed E-state index contributed by atoms with van der Waals surface area (Å²) in [7, 11) is -9.64. The summed E-state index contributed by atoms with van der Waals surface area (Å²) in [4.78, 5) is 52.7. The molecule has 3 rings (SSSR count). The van der Waals surface area contributed by atoms with E-state index in [0.717, 1.165) is 29.8 Å². The molecule has 232 valence electrons. The summed E-state index contributed by atoms with van der Waals surface area (Å²) in [6.07, 6.45) is 0. The van der Waals surface area contributed by atoms with Crippen molar-refractivity contribution >= 4 is 28.8 Å². The van der Waals surface area contributed by atoms with Gasteiger partial charge in [-0.3, -0.25) is 14.0 Å². The van der Waals surface area contributed by atoms with E-state index < -0.39 is 37.6 Å². The summed E-state index contributed by atoms with van der Waals surface area (Å²) in [6, 6.07) is 16.0. The Morgan fingerprint density at radius 3 is 1.26 bits per heavy atom. The molecule has 42 heavy (non-hydrogen) atoms. The van der Waals surface area contributed by atoms with E-state index in [2.05, 4.69) is 0 Å². The minimum atomic E-state index is -5.65. The highest BCUT2D eigenvalue weighted by molar-refractivity contribution is 7.52. The van der Waals surface area contributed by atoms with Gasteiger partial charge in [0.2, 0.25) is 0 Å². The number of rotatable bonds is 8. The molecule has 3 aromatic rings. The van der Waals surface area contributed by atoms with Crippen LogP contribution in [0.3, 0.4) is 0 Å². The number of nitrogens with zero attached hydrogens (tertiary/aromatic N) is 1. The third-order valence-corrected chi connectivity index (χ3v) is 7.22. The highest BCUT2D eigenvalue weighted by Gasteiger charge is 2.51. The maximum Gasteiger partial charge on any atom is 0.399 e. The smallest absolute Gasteiger partial charge is 0.399 e. The van der Waals surface area contributed by atoms with Gasteiger partial charge in [-0.05, 0) is 42.8 Å². The molecule has 0 saturated carbocycles. The molecule has 0 heterocycles. The Morgan fingerprint density at radius 1 is 0.690 bits per heavy atom. The van der Waals surface area contributed by atoms with Gasteiger partial charge in [0.1, 0.15) is 19.3 Å². The van der Waals surface area contributed by atoms with Gasteiger partial charge in [-0.2, -0.15) is 17.6 Å². The van der Waals surface area contributed by atoms with Crippen LogP contribution in [0, 0.1) is 6.92 Å². The van der Waals surface area contributed by atoms with Crippen molar-refractivity contribution in [1.82, 2.24) is 4.90 Å². The molecule has 0 aromatic heterocycles. The third kappa shape index (κ3) is 11.2. The van der Waals surface area contributed by atoms with Crippen LogP contribution in [0.1, 0.15) is 27.8 Å². The lowest BCUT2D eigenvalue weighted by molar-refractivity contribution is -0.0987. The molecule has 0 unspecified atom stereocenters. The number of phenolic OH excluding ortho intramolecular Hbond substituents is 1. The van der Waals surface area contributed by atoms with Crippen LogP contribution < -0.4 is 0 Å². The molecule has 0 aliphatic heterocycles. The average molecular weight is 639 g/mol. The number of halogens is 4. The molecule has 0 aliphatic carbocycles. The molecule has 0 fully saturated rings. The van der Waals surface area contributed by atoms with Crippen LogP contribution in [0.15, 0.2) is 72.8 Å². The first-order valence-corrected chi connectivity index (χ1v) is 14.6. The Morgan fingerprint density at radius 2 is 1.02 bits per heavy atom. The number of aromatic hydroxyl groups is 1. The lowest BCUT2D eigenvalue weighted by Crippen LogP contribution is -2.18. The lowest BCUT2D eigenvalue weighted by atomic mass is 10.1. The molecule has 0 aliphatic rings. The average Bonchev–Trinajstić information content (AvgIpc) is 2.90. The second-order valence-corrected chi connectivity index (χ2v) is 11.9. The number of benzene rings is 3. The summed E-state index contributed by atoms with van der Waals surface area (Å²) in [5, 5.41) is 8.81. The van der Waals surface area contributed by atoms with E-state index in [-0.39, 0.29) is 13.1 Å². The fraction of sp³-hybridized carbons (Fsp3) is 0.231.